The molecule has 4 nitrogen and oxygen atoms in total. The Morgan fingerprint density at radius 2 is 1.91 bits per heavy atom. The van der Waals surface area contributed by atoms with Gasteiger partial charge >= 0.3 is 5.97 Å². The third-order valence-electron chi connectivity index (χ3n) is 3.19. The number of carbonyl (C=O) groups excluding carboxylic acids is 2. The Kier molecular flexibility index (Phi) is 4.25. The molecule has 0 bridgehead atoms. The largest absolute Gasteiger partial charge is 0.453 e. The van der Waals surface area contributed by atoms with Gasteiger partial charge in [-0.2, -0.15) is 0 Å². The van der Waals surface area contributed by atoms with Crippen LogP contribution in [0.3, 0.4) is 0 Å². The van der Waals surface area contributed by atoms with E-state index in [1.165, 1.54) is 12.1 Å². The molecule has 0 amide bonds. The first kappa shape index (κ1) is 15.4. The Morgan fingerprint density at radius 3 is 2.65 bits per heavy atom. The van der Waals surface area contributed by atoms with Crippen molar-refractivity contribution in [3.8, 4) is 0 Å². The average molecular weight is 377 g/mol. The molecule has 0 spiro atoms. The van der Waals surface area contributed by atoms with Crippen LogP contribution < -0.4 is 0 Å². The number of halogens is 2. The number of fused-ring (bicyclic) bond motifs is 1. The lowest BCUT2D eigenvalue weighted by atomic mass is 10.2. The summed E-state index contributed by atoms with van der Waals surface area (Å²) in [6.45, 7) is -0.520. The molecule has 116 valence electrons. The molecule has 0 saturated carbocycles. The molecule has 0 saturated heterocycles. The molecule has 0 atom stereocenters. The van der Waals surface area contributed by atoms with Crippen LogP contribution in [-0.2, 0) is 4.74 Å². The van der Waals surface area contributed by atoms with E-state index in [1.807, 2.05) is 6.07 Å². The topological polar surface area (TPSA) is 56.5 Å². The highest BCUT2D eigenvalue weighted by atomic mass is 79.9. The first-order valence-corrected chi connectivity index (χ1v) is 7.48. The summed E-state index contributed by atoms with van der Waals surface area (Å²) in [6, 6.07) is 12.7. The smallest absolute Gasteiger partial charge is 0.341 e. The van der Waals surface area contributed by atoms with Gasteiger partial charge in [-0.1, -0.05) is 34.1 Å². The van der Waals surface area contributed by atoms with Crippen LogP contribution >= 0.6 is 15.9 Å². The number of hydrogen-bond donors (Lipinski definition) is 0. The normalized spacial score (nSPS) is 10.7. The number of benzene rings is 2. The van der Waals surface area contributed by atoms with Gasteiger partial charge in [-0.3, -0.25) is 4.79 Å². The molecule has 0 aliphatic carbocycles. The summed E-state index contributed by atoms with van der Waals surface area (Å²) in [5.74, 6) is -2.03. The van der Waals surface area contributed by atoms with Crippen molar-refractivity contribution in [2.24, 2.45) is 0 Å². The van der Waals surface area contributed by atoms with E-state index in [1.54, 1.807) is 24.3 Å². The minimum atomic E-state index is -0.903. The van der Waals surface area contributed by atoms with E-state index in [0.29, 0.717) is 10.1 Å². The zero-order valence-corrected chi connectivity index (χ0v) is 13.3. The monoisotopic (exact) mass is 376 g/mol. The molecule has 2 aromatic carbocycles. The summed E-state index contributed by atoms with van der Waals surface area (Å²) in [5.41, 5.74) is 0.340. The standard InChI is InChI=1S/C17H10BrFO4/c18-11-5-6-12(13(19)8-11)17(21)22-9-14(20)16-7-10-3-1-2-4-15(10)23-16/h1-8H,9H2. The molecule has 1 aromatic heterocycles. The van der Waals surface area contributed by atoms with Crippen molar-refractivity contribution in [1.29, 1.82) is 0 Å². The molecule has 3 rings (SSSR count). The lowest BCUT2D eigenvalue weighted by molar-refractivity contribution is 0.0464. The Labute approximate surface area is 139 Å². The molecule has 3 aromatic rings. The minimum absolute atomic E-state index is 0.0929. The first-order chi connectivity index (χ1) is 11.0. The molecular formula is C17H10BrFO4. The Hall–Kier alpha value is -2.47. The molecule has 0 fully saturated rings. The molecule has 0 N–H and O–H groups in total. The second-order valence-electron chi connectivity index (χ2n) is 4.77. The number of ketones is 1. The van der Waals surface area contributed by atoms with E-state index in [2.05, 4.69) is 15.9 Å². The van der Waals surface area contributed by atoms with Crippen LogP contribution in [0.1, 0.15) is 20.9 Å². The third-order valence-corrected chi connectivity index (χ3v) is 3.68. The number of para-hydroxylation sites is 1. The molecular weight excluding hydrogens is 367 g/mol. The number of esters is 1. The van der Waals surface area contributed by atoms with Gasteiger partial charge < -0.3 is 9.15 Å². The lowest BCUT2D eigenvalue weighted by Gasteiger charge is -2.04. The van der Waals surface area contributed by atoms with Crippen molar-refractivity contribution in [2.45, 2.75) is 0 Å². The van der Waals surface area contributed by atoms with Crippen LogP contribution in [0.25, 0.3) is 11.0 Å². The number of ether oxygens (including phenoxy) is 1. The van der Waals surface area contributed by atoms with E-state index in [4.69, 9.17) is 9.15 Å². The SMILES string of the molecule is O=C(COC(=O)c1ccc(Br)cc1F)c1cc2ccccc2o1. The van der Waals surface area contributed by atoms with E-state index in [9.17, 15) is 14.0 Å². The number of furan rings is 1. The van der Waals surface area contributed by atoms with Crippen LogP contribution in [0.2, 0.25) is 0 Å². The maximum atomic E-state index is 13.7. The maximum Gasteiger partial charge on any atom is 0.341 e. The van der Waals surface area contributed by atoms with Gasteiger partial charge in [0.15, 0.2) is 12.4 Å². The maximum absolute atomic E-state index is 13.7. The van der Waals surface area contributed by atoms with E-state index < -0.39 is 24.2 Å². The highest BCUT2D eigenvalue weighted by molar-refractivity contribution is 9.10. The van der Waals surface area contributed by atoms with Crippen molar-refractivity contribution >= 4 is 38.7 Å². The Balaban J connectivity index is 1.69. The van der Waals surface area contributed by atoms with Gasteiger partial charge in [0, 0.05) is 9.86 Å². The average Bonchev–Trinajstić information content (AvgIpc) is 2.96. The zero-order valence-electron chi connectivity index (χ0n) is 11.7. The van der Waals surface area contributed by atoms with Gasteiger partial charge in [0.25, 0.3) is 0 Å². The molecule has 6 heteroatoms. The number of Topliss-reactive ketones (excluding diaryl/α,β-unsaturated/α-hetero) is 1. The lowest BCUT2D eigenvalue weighted by Crippen LogP contribution is -2.14. The quantitative estimate of drug-likeness (QED) is 0.500. The summed E-state index contributed by atoms with van der Waals surface area (Å²) < 4.78 is 24.4. The van der Waals surface area contributed by atoms with Gasteiger partial charge in [-0.05, 0) is 30.3 Å². The fraction of sp³-hybridized carbons (Fsp3) is 0.0588. The van der Waals surface area contributed by atoms with Crippen LogP contribution in [0.5, 0.6) is 0 Å². The fourth-order valence-corrected chi connectivity index (χ4v) is 2.39. The molecule has 0 unspecified atom stereocenters. The minimum Gasteiger partial charge on any atom is -0.453 e. The Bertz CT molecular complexity index is 867. The van der Waals surface area contributed by atoms with Crippen molar-refractivity contribution < 1.29 is 23.1 Å². The van der Waals surface area contributed by atoms with Crippen molar-refractivity contribution in [1.82, 2.24) is 0 Å². The number of hydrogen-bond acceptors (Lipinski definition) is 4. The van der Waals surface area contributed by atoms with Gasteiger partial charge in [0.1, 0.15) is 11.4 Å². The summed E-state index contributed by atoms with van der Waals surface area (Å²) in [6.07, 6.45) is 0. The molecule has 0 radical (unpaired) electrons. The summed E-state index contributed by atoms with van der Waals surface area (Å²) in [4.78, 5) is 23.8. The van der Waals surface area contributed by atoms with Crippen molar-refractivity contribution in [3.63, 3.8) is 0 Å². The van der Waals surface area contributed by atoms with E-state index in [0.717, 1.165) is 11.5 Å². The predicted molar refractivity (Wildman–Crippen MR) is 84.9 cm³/mol. The third kappa shape index (κ3) is 3.32. The molecule has 23 heavy (non-hydrogen) atoms. The second-order valence-corrected chi connectivity index (χ2v) is 5.69. The number of rotatable bonds is 4. The number of carbonyl (C=O) groups is 2. The van der Waals surface area contributed by atoms with Crippen molar-refractivity contribution in [2.75, 3.05) is 6.61 Å². The Morgan fingerprint density at radius 1 is 1.13 bits per heavy atom. The van der Waals surface area contributed by atoms with Crippen LogP contribution in [0.4, 0.5) is 4.39 Å². The van der Waals surface area contributed by atoms with Crippen LogP contribution in [0.15, 0.2) is 57.4 Å². The van der Waals surface area contributed by atoms with Gasteiger partial charge in [-0.15, -0.1) is 0 Å². The van der Waals surface area contributed by atoms with Gasteiger partial charge in [-0.25, -0.2) is 9.18 Å². The highest BCUT2D eigenvalue weighted by Gasteiger charge is 2.18. The van der Waals surface area contributed by atoms with E-state index in [-0.39, 0.29) is 11.3 Å². The first-order valence-electron chi connectivity index (χ1n) is 6.68. The van der Waals surface area contributed by atoms with Crippen LogP contribution in [-0.4, -0.2) is 18.4 Å². The molecule has 0 aliphatic heterocycles. The van der Waals surface area contributed by atoms with Gasteiger partial charge in [0.05, 0.1) is 5.56 Å². The summed E-state index contributed by atoms with van der Waals surface area (Å²) in [5, 5.41) is 0.779. The molecule has 1 heterocycles. The predicted octanol–water partition coefficient (Wildman–Crippen LogP) is 4.37. The fourth-order valence-electron chi connectivity index (χ4n) is 2.05. The highest BCUT2D eigenvalue weighted by Crippen LogP contribution is 2.20. The summed E-state index contributed by atoms with van der Waals surface area (Å²) in [7, 11) is 0. The molecule has 0 aliphatic rings. The van der Waals surface area contributed by atoms with Crippen molar-refractivity contribution in [3.05, 3.63) is 70.1 Å². The second kappa shape index (κ2) is 6.34. The van der Waals surface area contributed by atoms with E-state index >= 15 is 0 Å². The summed E-state index contributed by atoms with van der Waals surface area (Å²) >= 11 is 3.10. The zero-order chi connectivity index (χ0) is 16.4. The van der Waals surface area contributed by atoms with Gasteiger partial charge in [0.2, 0.25) is 5.78 Å². The van der Waals surface area contributed by atoms with Crippen LogP contribution in [0, 0.1) is 5.82 Å².